The zero-order valence-corrected chi connectivity index (χ0v) is 11.2. The predicted octanol–water partition coefficient (Wildman–Crippen LogP) is 3.66. The number of halogens is 1. The molecule has 0 spiro atoms. The molecule has 3 nitrogen and oxygen atoms in total. The van der Waals surface area contributed by atoms with Crippen molar-refractivity contribution in [2.75, 3.05) is 11.1 Å². The average Bonchev–Trinajstić information content (AvgIpc) is 2.76. The zero-order chi connectivity index (χ0) is 11.5. The number of pyridine rings is 1. The fraction of sp³-hybridized carbons (Fsp3) is 0.182. The summed E-state index contributed by atoms with van der Waals surface area (Å²) in [4.78, 5) is 4.00. The number of thiophene rings is 1. The standard InChI is InChI=1S/C11H12BrN3S/c1-7(8-2-3-16-6-8)15-11-9(12)4-14-5-10(11)13/h2-7H,13H2,1H3,(H,14,15). The minimum absolute atomic E-state index is 0.229. The van der Waals surface area contributed by atoms with E-state index in [0.29, 0.717) is 5.69 Å². The Labute approximate surface area is 107 Å². The van der Waals surface area contributed by atoms with Gasteiger partial charge in [-0.1, -0.05) is 0 Å². The number of nitrogen functional groups attached to an aromatic ring is 1. The second-order valence-corrected chi connectivity index (χ2v) is 5.14. The molecule has 0 fully saturated rings. The van der Waals surface area contributed by atoms with Gasteiger partial charge in [0.25, 0.3) is 0 Å². The van der Waals surface area contributed by atoms with E-state index in [2.05, 4.69) is 50.0 Å². The Morgan fingerprint density at radius 2 is 2.31 bits per heavy atom. The van der Waals surface area contributed by atoms with Gasteiger partial charge in [0, 0.05) is 12.2 Å². The summed E-state index contributed by atoms with van der Waals surface area (Å²) in [7, 11) is 0. The van der Waals surface area contributed by atoms with Gasteiger partial charge in [-0.25, -0.2) is 0 Å². The van der Waals surface area contributed by atoms with Gasteiger partial charge in [0.2, 0.25) is 0 Å². The molecule has 84 valence electrons. The summed E-state index contributed by atoms with van der Waals surface area (Å²) in [5.74, 6) is 0. The van der Waals surface area contributed by atoms with E-state index in [0.717, 1.165) is 10.2 Å². The second-order valence-electron chi connectivity index (χ2n) is 3.51. The number of rotatable bonds is 3. The average molecular weight is 298 g/mol. The molecule has 16 heavy (non-hydrogen) atoms. The van der Waals surface area contributed by atoms with E-state index in [1.54, 1.807) is 23.7 Å². The third kappa shape index (κ3) is 2.36. The van der Waals surface area contributed by atoms with Gasteiger partial charge < -0.3 is 11.1 Å². The lowest BCUT2D eigenvalue weighted by Crippen LogP contribution is -2.08. The first kappa shape index (κ1) is 11.4. The van der Waals surface area contributed by atoms with Crippen molar-refractivity contribution in [3.05, 3.63) is 39.3 Å². The molecule has 5 heteroatoms. The highest BCUT2D eigenvalue weighted by Crippen LogP contribution is 2.31. The maximum atomic E-state index is 5.87. The molecule has 0 aliphatic rings. The number of nitrogens with zero attached hydrogens (tertiary/aromatic N) is 1. The van der Waals surface area contributed by atoms with Crippen LogP contribution in [0.25, 0.3) is 0 Å². The molecule has 1 atom stereocenters. The molecule has 2 rings (SSSR count). The first-order valence-electron chi connectivity index (χ1n) is 4.86. The molecule has 0 bridgehead atoms. The highest BCUT2D eigenvalue weighted by Gasteiger charge is 2.10. The Morgan fingerprint density at radius 3 is 2.94 bits per heavy atom. The summed E-state index contributed by atoms with van der Waals surface area (Å²) in [6.45, 7) is 2.11. The van der Waals surface area contributed by atoms with Crippen LogP contribution in [0.15, 0.2) is 33.7 Å². The predicted molar refractivity (Wildman–Crippen MR) is 72.7 cm³/mol. The number of aromatic nitrogens is 1. The molecule has 2 aromatic heterocycles. The third-order valence-electron chi connectivity index (χ3n) is 2.33. The van der Waals surface area contributed by atoms with Gasteiger partial charge in [-0.05, 0) is 45.2 Å². The van der Waals surface area contributed by atoms with Gasteiger partial charge in [0.05, 0.1) is 22.0 Å². The third-order valence-corrected chi connectivity index (χ3v) is 3.64. The number of hydrogen-bond acceptors (Lipinski definition) is 4. The number of nitrogens with one attached hydrogen (secondary N) is 1. The summed E-state index contributed by atoms with van der Waals surface area (Å²) < 4.78 is 0.884. The van der Waals surface area contributed by atoms with Crippen LogP contribution >= 0.6 is 27.3 Å². The quantitative estimate of drug-likeness (QED) is 0.909. The van der Waals surface area contributed by atoms with Gasteiger partial charge in [-0.3, -0.25) is 4.98 Å². The fourth-order valence-electron chi connectivity index (χ4n) is 1.42. The molecular formula is C11H12BrN3S. The topological polar surface area (TPSA) is 50.9 Å². The van der Waals surface area contributed by atoms with Crippen LogP contribution in [0.1, 0.15) is 18.5 Å². The lowest BCUT2D eigenvalue weighted by atomic mass is 10.2. The summed E-state index contributed by atoms with van der Waals surface area (Å²) in [6, 6.07) is 2.33. The summed E-state index contributed by atoms with van der Waals surface area (Å²) in [5, 5.41) is 7.57. The van der Waals surface area contributed by atoms with Crippen molar-refractivity contribution >= 4 is 38.6 Å². The molecule has 0 aliphatic carbocycles. The van der Waals surface area contributed by atoms with E-state index in [9.17, 15) is 0 Å². The highest BCUT2D eigenvalue weighted by molar-refractivity contribution is 9.10. The van der Waals surface area contributed by atoms with Crippen LogP contribution in [-0.2, 0) is 0 Å². The van der Waals surface area contributed by atoms with Crippen molar-refractivity contribution in [2.24, 2.45) is 0 Å². The van der Waals surface area contributed by atoms with Crippen LogP contribution in [-0.4, -0.2) is 4.98 Å². The van der Waals surface area contributed by atoms with E-state index in [1.165, 1.54) is 5.56 Å². The Morgan fingerprint density at radius 1 is 1.50 bits per heavy atom. The molecule has 0 saturated heterocycles. The lowest BCUT2D eigenvalue weighted by molar-refractivity contribution is 0.889. The summed E-state index contributed by atoms with van der Waals surface area (Å²) >= 11 is 5.13. The summed E-state index contributed by atoms with van der Waals surface area (Å²) in [5.41, 5.74) is 8.67. The van der Waals surface area contributed by atoms with Crippen molar-refractivity contribution < 1.29 is 0 Å². The van der Waals surface area contributed by atoms with Crippen LogP contribution in [0.3, 0.4) is 0 Å². The SMILES string of the molecule is CC(Nc1c(N)cncc1Br)c1ccsc1. The Balaban J connectivity index is 2.21. The highest BCUT2D eigenvalue weighted by atomic mass is 79.9. The molecule has 0 aliphatic heterocycles. The lowest BCUT2D eigenvalue weighted by Gasteiger charge is -2.16. The molecule has 1 unspecified atom stereocenters. The van der Waals surface area contributed by atoms with Crippen LogP contribution in [0.5, 0.6) is 0 Å². The Bertz CT molecular complexity index is 450. The zero-order valence-electron chi connectivity index (χ0n) is 8.77. The fourth-order valence-corrected chi connectivity index (χ4v) is 2.64. The number of anilines is 2. The maximum Gasteiger partial charge on any atom is 0.0754 e. The van der Waals surface area contributed by atoms with Gasteiger partial charge in [0.15, 0.2) is 0 Å². The molecule has 0 aromatic carbocycles. The van der Waals surface area contributed by atoms with Gasteiger partial charge in [-0.2, -0.15) is 11.3 Å². The molecule has 0 amide bonds. The van der Waals surface area contributed by atoms with Crippen LogP contribution in [0, 0.1) is 0 Å². The molecule has 2 heterocycles. The Hall–Kier alpha value is -1.07. The van der Waals surface area contributed by atoms with E-state index in [4.69, 9.17) is 5.73 Å². The number of nitrogens with two attached hydrogens (primary N) is 1. The van der Waals surface area contributed by atoms with Gasteiger partial charge in [-0.15, -0.1) is 0 Å². The van der Waals surface area contributed by atoms with Crippen molar-refractivity contribution in [3.8, 4) is 0 Å². The largest absolute Gasteiger partial charge is 0.396 e. The monoisotopic (exact) mass is 297 g/mol. The summed E-state index contributed by atoms with van der Waals surface area (Å²) in [6.07, 6.45) is 3.38. The van der Waals surface area contributed by atoms with E-state index < -0.39 is 0 Å². The van der Waals surface area contributed by atoms with E-state index in [1.807, 2.05) is 0 Å². The first-order valence-corrected chi connectivity index (χ1v) is 6.59. The van der Waals surface area contributed by atoms with Crippen molar-refractivity contribution in [1.82, 2.24) is 4.98 Å². The smallest absolute Gasteiger partial charge is 0.0754 e. The maximum absolute atomic E-state index is 5.87. The van der Waals surface area contributed by atoms with Gasteiger partial charge in [0.1, 0.15) is 0 Å². The second kappa shape index (κ2) is 4.84. The molecule has 0 saturated carbocycles. The minimum Gasteiger partial charge on any atom is -0.396 e. The van der Waals surface area contributed by atoms with Gasteiger partial charge >= 0.3 is 0 Å². The Kier molecular flexibility index (Phi) is 3.46. The van der Waals surface area contributed by atoms with Crippen LogP contribution in [0.4, 0.5) is 11.4 Å². The number of hydrogen-bond donors (Lipinski definition) is 2. The van der Waals surface area contributed by atoms with Crippen molar-refractivity contribution in [2.45, 2.75) is 13.0 Å². The van der Waals surface area contributed by atoms with E-state index >= 15 is 0 Å². The molecular weight excluding hydrogens is 286 g/mol. The van der Waals surface area contributed by atoms with Crippen LogP contribution < -0.4 is 11.1 Å². The normalized spacial score (nSPS) is 12.4. The molecule has 0 radical (unpaired) electrons. The minimum atomic E-state index is 0.229. The van der Waals surface area contributed by atoms with Crippen molar-refractivity contribution in [3.63, 3.8) is 0 Å². The van der Waals surface area contributed by atoms with Crippen LogP contribution in [0.2, 0.25) is 0 Å². The molecule has 2 aromatic rings. The van der Waals surface area contributed by atoms with Crippen molar-refractivity contribution in [1.29, 1.82) is 0 Å². The molecule has 3 N–H and O–H groups in total. The van der Waals surface area contributed by atoms with E-state index in [-0.39, 0.29) is 6.04 Å². The first-order chi connectivity index (χ1) is 7.68.